The van der Waals surface area contributed by atoms with E-state index in [2.05, 4.69) is 43.8 Å². The Morgan fingerprint density at radius 1 is 1.11 bits per heavy atom. The molecule has 4 rings (SSSR count). The monoisotopic (exact) mass is 678 g/mol. The molecule has 0 unspecified atom stereocenters. The van der Waals surface area contributed by atoms with Crippen LogP contribution in [0.5, 0.6) is 11.5 Å². The zero-order valence-electron chi connectivity index (χ0n) is 19.0. The molecule has 0 aliphatic carbocycles. The first-order valence-electron chi connectivity index (χ1n) is 10.7. The highest BCUT2D eigenvalue weighted by atomic mass is 127. The number of carbonyl (C=O) groups excluding carboxylic acids is 3. The number of halogens is 2. The van der Waals surface area contributed by atoms with Crippen LogP contribution in [-0.4, -0.2) is 35.7 Å². The van der Waals surface area contributed by atoms with Crippen molar-refractivity contribution in [2.24, 2.45) is 0 Å². The van der Waals surface area contributed by atoms with Crippen molar-refractivity contribution in [1.29, 1.82) is 0 Å². The Hall–Kier alpha value is -2.83. The van der Waals surface area contributed by atoms with E-state index in [9.17, 15) is 14.4 Å². The molecular formula is C26H20BrIN2O5S. The second-order valence-electron chi connectivity index (χ2n) is 7.63. The van der Waals surface area contributed by atoms with Gasteiger partial charge in [-0.1, -0.05) is 46.3 Å². The summed E-state index contributed by atoms with van der Waals surface area (Å²) in [4.78, 5) is 39.3. The normalized spacial score (nSPS) is 14.3. The van der Waals surface area contributed by atoms with Crippen LogP contribution in [-0.2, 0) is 16.1 Å². The van der Waals surface area contributed by atoms with Gasteiger partial charge in [-0.25, -0.2) is 0 Å². The number of rotatable bonds is 8. The van der Waals surface area contributed by atoms with Crippen LogP contribution in [0.4, 0.5) is 10.5 Å². The molecule has 3 aromatic rings. The standard InChI is InChI=1S/C26H20BrIN2O5S/c1-34-21-12-17(11-20(28)24(21)35-15-23(31)29-19-5-3-2-4-6-19)13-22-25(32)30(26(33)36-22)14-16-7-9-18(27)10-8-16/h2-13H,14-15H2,1H3,(H,29,31)/b22-13-. The largest absolute Gasteiger partial charge is 0.493 e. The smallest absolute Gasteiger partial charge is 0.293 e. The molecule has 3 amide bonds. The van der Waals surface area contributed by atoms with E-state index in [1.807, 2.05) is 42.5 Å². The molecule has 1 heterocycles. The number of para-hydroxylation sites is 1. The third kappa shape index (κ3) is 6.48. The molecule has 1 saturated heterocycles. The van der Waals surface area contributed by atoms with Crippen molar-refractivity contribution < 1.29 is 23.9 Å². The number of carbonyl (C=O) groups is 3. The summed E-state index contributed by atoms with van der Waals surface area (Å²) in [5, 5.41) is 2.45. The molecule has 3 aromatic carbocycles. The molecule has 1 aliphatic heterocycles. The molecule has 10 heteroatoms. The SMILES string of the molecule is COc1cc(/C=C2\SC(=O)N(Cc3ccc(Br)cc3)C2=O)cc(I)c1OCC(=O)Nc1ccccc1. The topological polar surface area (TPSA) is 84.9 Å². The van der Waals surface area contributed by atoms with Crippen LogP contribution in [0.25, 0.3) is 6.08 Å². The molecule has 0 saturated carbocycles. The molecule has 0 atom stereocenters. The predicted molar refractivity (Wildman–Crippen MR) is 152 cm³/mol. The Morgan fingerprint density at radius 3 is 2.53 bits per heavy atom. The van der Waals surface area contributed by atoms with E-state index in [4.69, 9.17) is 9.47 Å². The molecular weight excluding hydrogens is 659 g/mol. The van der Waals surface area contributed by atoms with Crippen LogP contribution >= 0.6 is 50.3 Å². The van der Waals surface area contributed by atoms with Gasteiger partial charge in [0.05, 0.1) is 22.1 Å². The van der Waals surface area contributed by atoms with Crippen molar-refractivity contribution >= 4 is 79.1 Å². The molecule has 7 nitrogen and oxygen atoms in total. The van der Waals surface area contributed by atoms with Crippen molar-refractivity contribution in [3.05, 3.63) is 90.8 Å². The van der Waals surface area contributed by atoms with Crippen LogP contribution in [0.3, 0.4) is 0 Å². The van der Waals surface area contributed by atoms with Gasteiger partial charge in [0.2, 0.25) is 0 Å². The third-order valence-electron chi connectivity index (χ3n) is 5.08. The lowest BCUT2D eigenvalue weighted by Gasteiger charge is -2.14. The summed E-state index contributed by atoms with van der Waals surface area (Å²) in [6.45, 7) is 0.00349. The first-order valence-corrected chi connectivity index (χ1v) is 13.4. The molecule has 0 radical (unpaired) electrons. The zero-order chi connectivity index (χ0) is 25.7. The maximum atomic E-state index is 12.9. The average Bonchev–Trinajstić information content (AvgIpc) is 3.12. The number of hydrogen-bond donors (Lipinski definition) is 1. The number of methoxy groups -OCH3 is 1. The molecule has 1 N–H and O–H groups in total. The summed E-state index contributed by atoms with van der Waals surface area (Å²) in [6, 6.07) is 20.1. The van der Waals surface area contributed by atoms with E-state index >= 15 is 0 Å². The lowest BCUT2D eigenvalue weighted by atomic mass is 10.1. The summed E-state index contributed by atoms with van der Waals surface area (Å²) in [5.74, 6) is 0.180. The van der Waals surface area contributed by atoms with Gasteiger partial charge in [-0.3, -0.25) is 19.3 Å². The number of hydrogen-bond acceptors (Lipinski definition) is 6. The fraction of sp³-hybridized carbons (Fsp3) is 0.115. The molecule has 184 valence electrons. The number of benzene rings is 3. The first kappa shape index (κ1) is 26.2. The summed E-state index contributed by atoms with van der Waals surface area (Å²) in [5.41, 5.74) is 2.21. The minimum absolute atomic E-state index is 0.199. The Kier molecular flexibility index (Phi) is 8.70. The van der Waals surface area contributed by atoms with Gasteiger partial charge in [0.15, 0.2) is 18.1 Å². The number of imide groups is 1. The summed E-state index contributed by atoms with van der Waals surface area (Å²) in [6.07, 6.45) is 1.66. The van der Waals surface area contributed by atoms with Gasteiger partial charge in [-0.15, -0.1) is 0 Å². The fourth-order valence-corrected chi connectivity index (χ4v) is 5.26. The van der Waals surface area contributed by atoms with Gasteiger partial charge in [0.1, 0.15) is 0 Å². The van der Waals surface area contributed by atoms with Crippen molar-refractivity contribution in [1.82, 2.24) is 4.90 Å². The lowest BCUT2D eigenvalue weighted by molar-refractivity contribution is -0.123. The second kappa shape index (κ2) is 11.9. The Bertz CT molecular complexity index is 1330. The Morgan fingerprint density at radius 2 is 1.83 bits per heavy atom. The van der Waals surface area contributed by atoms with Crippen molar-refractivity contribution in [3.8, 4) is 11.5 Å². The van der Waals surface area contributed by atoms with Gasteiger partial charge < -0.3 is 14.8 Å². The Balaban J connectivity index is 1.46. The van der Waals surface area contributed by atoms with E-state index in [0.717, 1.165) is 21.8 Å². The van der Waals surface area contributed by atoms with Crippen molar-refractivity contribution in [3.63, 3.8) is 0 Å². The van der Waals surface area contributed by atoms with Gasteiger partial charge in [-0.05, 0) is 88.0 Å². The van der Waals surface area contributed by atoms with Gasteiger partial charge in [-0.2, -0.15) is 0 Å². The second-order valence-corrected chi connectivity index (χ2v) is 10.7. The highest BCUT2D eigenvalue weighted by Gasteiger charge is 2.35. The van der Waals surface area contributed by atoms with Crippen LogP contribution in [0.1, 0.15) is 11.1 Å². The van der Waals surface area contributed by atoms with Crippen LogP contribution in [0, 0.1) is 3.57 Å². The summed E-state index contributed by atoms with van der Waals surface area (Å²) < 4.78 is 12.8. The van der Waals surface area contributed by atoms with Crippen molar-refractivity contribution in [2.45, 2.75) is 6.54 Å². The van der Waals surface area contributed by atoms with Crippen LogP contribution in [0.15, 0.2) is 76.1 Å². The predicted octanol–water partition coefficient (Wildman–Crippen LogP) is 6.32. The number of thioether (sulfide) groups is 1. The zero-order valence-corrected chi connectivity index (χ0v) is 23.6. The Labute approximate surface area is 234 Å². The molecule has 0 bridgehead atoms. The van der Waals surface area contributed by atoms with Crippen molar-refractivity contribution in [2.75, 3.05) is 19.0 Å². The van der Waals surface area contributed by atoms with Gasteiger partial charge in [0.25, 0.3) is 17.1 Å². The van der Waals surface area contributed by atoms with Gasteiger partial charge >= 0.3 is 0 Å². The number of nitrogens with zero attached hydrogens (tertiary/aromatic N) is 1. The lowest BCUT2D eigenvalue weighted by Crippen LogP contribution is -2.27. The highest BCUT2D eigenvalue weighted by Crippen LogP contribution is 2.37. The molecule has 1 fully saturated rings. The van der Waals surface area contributed by atoms with E-state index in [1.54, 1.807) is 30.3 Å². The van der Waals surface area contributed by atoms with Crippen LogP contribution in [0.2, 0.25) is 0 Å². The average molecular weight is 679 g/mol. The number of nitrogens with one attached hydrogen (secondary N) is 1. The van der Waals surface area contributed by atoms with E-state index in [0.29, 0.717) is 31.2 Å². The number of anilines is 1. The molecule has 0 spiro atoms. The minimum atomic E-state index is -0.347. The summed E-state index contributed by atoms with van der Waals surface area (Å²) >= 11 is 6.36. The van der Waals surface area contributed by atoms with Gasteiger partial charge in [0, 0.05) is 10.2 Å². The quantitative estimate of drug-likeness (QED) is 0.222. The minimum Gasteiger partial charge on any atom is -0.493 e. The molecule has 36 heavy (non-hydrogen) atoms. The molecule has 0 aromatic heterocycles. The fourth-order valence-electron chi connectivity index (χ4n) is 3.38. The first-order chi connectivity index (χ1) is 17.3. The maximum Gasteiger partial charge on any atom is 0.293 e. The highest BCUT2D eigenvalue weighted by molar-refractivity contribution is 14.1. The maximum absolute atomic E-state index is 12.9. The number of amides is 3. The van der Waals surface area contributed by atoms with E-state index < -0.39 is 0 Å². The number of ether oxygens (including phenoxy) is 2. The van der Waals surface area contributed by atoms with E-state index in [-0.39, 0.29) is 30.2 Å². The van der Waals surface area contributed by atoms with E-state index in [1.165, 1.54) is 12.0 Å². The summed E-state index contributed by atoms with van der Waals surface area (Å²) in [7, 11) is 1.50. The van der Waals surface area contributed by atoms with Crippen LogP contribution < -0.4 is 14.8 Å². The molecule has 1 aliphatic rings. The third-order valence-corrected chi connectivity index (χ3v) is 7.32.